The van der Waals surface area contributed by atoms with E-state index >= 15 is 0 Å². The number of ketones is 1. The molecule has 37 heavy (non-hydrogen) atoms. The quantitative estimate of drug-likeness (QED) is 0.548. The van der Waals surface area contributed by atoms with Gasteiger partial charge in [0.15, 0.2) is 5.78 Å². The first-order valence-electron chi connectivity index (χ1n) is 11.4. The van der Waals surface area contributed by atoms with Crippen molar-refractivity contribution < 1.29 is 30.8 Å². The molecule has 2 aliphatic rings. The Morgan fingerprint density at radius 3 is 2.38 bits per heavy atom. The Morgan fingerprint density at radius 1 is 1.11 bits per heavy atom. The van der Waals surface area contributed by atoms with Gasteiger partial charge in [-0.05, 0) is 47.7 Å². The topological polar surface area (TPSA) is 130 Å². The molecule has 9 nitrogen and oxygen atoms in total. The van der Waals surface area contributed by atoms with E-state index in [4.69, 9.17) is 0 Å². The van der Waals surface area contributed by atoms with Gasteiger partial charge in [-0.15, -0.1) is 0 Å². The zero-order chi connectivity index (χ0) is 27.5. The van der Waals surface area contributed by atoms with Gasteiger partial charge >= 0.3 is 0 Å². The van der Waals surface area contributed by atoms with E-state index in [1.807, 2.05) is 20.8 Å². The molecule has 0 aromatic heterocycles. The predicted octanol–water partition coefficient (Wildman–Crippen LogP) is 3.19. The fraction of sp³-hybridized carbons (Fsp3) is 0.360. The number of aryl methyl sites for hydroxylation is 1. The van der Waals surface area contributed by atoms with Gasteiger partial charge in [-0.3, -0.25) is 14.3 Å². The lowest BCUT2D eigenvalue weighted by Gasteiger charge is -2.33. The molecule has 1 unspecified atom stereocenters. The molecule has 12 heteroatoms. The van der Waals surface area contributed by atoms with Crippen LogP contribution in [0.5, 0.6) is 0 Å². The molecule has 0 aliphatic carbocycles. The number of Topliss-reactive ketones (excluding diaryl/α,β-unsaturated/α-hetero) is 1. The number of anilines is 2. The smallest absolute Gasteiger partial charge is 0.240 e. The molecule has 4 rings (SSSR count). The van der Waals surface area contributed by atoms with Crippen molar-refractivity contribution in [3.63, 3.8) is 0 Å². The van der Waals surface area contributed by atoms with E-state index < -0.39 is 48.9 Å². The number of carbonyl (C=O) groups is 2. The third kappa shape index (κ3) is 5.26. The van der Waals surface area contributed by atoms with Crippen LogP contribution in [0.2, 0.25) is 0 Å². The molecule has 0 bridgehead atoms. The zero-order valence-electron chi connectivity index (χ0n) is 21.0. The van der Waals surface area contributed by atoms with Crippen LogP contribution in [0, 0.1) is 24.1 Å². The molecule has 2 heterocycles. The first-order valence-corrected chi connectivity index (χ1v) is 14.9. The van der Waals surface area contributed by atoms with E-state index in [0.29, 0.717) is 11.1 Å². The Morgan fingerprint density at radius 2 is 1.78 bits per heavy atom. The highest BCUT2D eigenvalue weighted by atomic mass is 32.2. The number of rotatable bonds is 5. The summed E-state index contributed by atoms with van der Waals surface area (Å²) in [5.41, 5.74) is 0.503. The minimum Gasteiger partial charge on any atom is -0.356 e. The molecular formula is C25H28FN3O6S2. The van der Waals surface area contributed by atoms with Gasteiger partial charge in [-0.2, -0.15) is 0 Å². The number of benzene rings is 2. The molecular weight excluding hydrogens is 521 g/mol. The van der Waals surface area contributed by atoms with Crippen LogP contribution in [-0.2, 0) is 36.0 Å². The number of nitrogens with one attached hydrogen (secondary N) is 2. The molecule has 198 valence electrons. The summed E-state index contributed by atoms with van der Waals surface area (Å²) in [4.78, 5) is 28.5. The van der Waals surface area contributed by atoms with Crippen LogP contribution < -0.4 is 10.0 Å². The number of sulfone groups is 1. The second kappa shape index (κ2) is 8.95. The number of carbonyl (C=O) groups excluding carboxylic acids is 2. The van der Waals surface area contributed by atoms with E-state index in [1.54, 1.807) is 19.1 Å². The van der Waals surface area contributed by atoms with Crippen molar-refractivity contribution in [3.05, 3.63) is 64.4 Å². The maximum absolute atomic E-state index is 13.8. The van der Waals surface area contributed by atoms with Gasteiger partial charge in [-0.1, -0.05) is 32.9 Å². The van der Waals surface area contributed by atoms with Gasteiger partial charge in [0, 0.05) is 17.9 Å². The normalized spacial score (nSPS) is 21.4. The lowest BCUT2D eigenvalue weighted by atomic mass is 9.82. The Kier molecular flexibility index (Phi) is 6.48. The van der Waals surface area contributed by atoms with Gasteiger partial charge in [0.1, 0.15) is 11.7 Å². The predicted molar refractivity (Wildman–Crippen MR) is 137 cm³/mol. The van der Waals surface area contributed by atoms with Crippen LogP contribution in [0.25, 0.3) is 0 Å². The lowest BCUT2D eigenvalue weighted by Crippen LogP contribution is -2.44. The molecule has 2 aromatic rings. The van der Waals surface area contributed by atoms with Crippen molar-refractivity contribution in [1.29, 1.82) is 0 Å². The molecule has 2 aromatic carbocycles. The number of sulfonamides is 1. The molecule has 1 saturated heterocycles. The second-order valence-corrected chi connectivity index (χ2v) is 14.0. The van der Waals surface area contributed by atoms with E-state index in [0.717, 1.165) is 11.7 Å². The molecule has 0 saturated carbocycles. The van der Waals surface area contributed by atoms with Crippen molar-refractivity contribution in [2.45, 2.75) is 45.2 Å². The number of hydrogen-bond donors (Lipinski definition) is 2. The summed E-state index contributed by atoms with van der Waals surface area (Å²) in [6, 6.07) is 7.55. The fourth-order valence-corrected chi connectivity index (χ4v) is 6.70. The van der Waals surface area contributed by atoms with Gasteiger partial charge in [0.05, 0.1) is 28.3 Å². The van der Waals surface area contributed by atoms with Crippen molar-refractivity contribution in [1.82, 2.24) is 4.90 Å². The minimum absolute atomic E-state index is 0.0568. The lowest BCUT2D eigenvalue weighted by molar-refractivity contribution is -0.133. The highest BCUT2D eigenvalue weighted by Gasteiger charge is 2.53. The highest BCUT2D eigenvalue weighted by molar-refractivity contribution is 7.94. The van der Waals surface area contributed by atoms with Crippen LogP contribution in [0.1, 0.15) is 31.9 Å². The fourth-order valence-electron chi connectivity index (χ4n) is 4.77. The molecule has 0 radical (unpaired) electrons. The summed E-state index contributed by atoms with van der Waals surface area (Å²) in [6.07, 6.45) is 0.944. The van der Waals surface area contributed by atoms with Gasteiger partial charge in [-0.25, -0.2) is 21.2 Å². The third-order valence-electron chi connectivity index (χ3n) is 6.25. The Bertz CT molecular complexity index is 1560. The maximum atomic E-state index is 13.8. The molecule has 2 N–H and O–H groups in total. The summed E-state index contributed by atoms with van der Waals surface area (Å²) in [6.45, 7) is 7.12. The van der Waals surface area contributed by atoms with Crippen molar-refractivity contribution in [2.24, 2.45) is 11.3 Å². The second-order valence-electron chi connectivity index (χ2n) is 10.5. The standard InChI is InChI=1S/C25H28FN3O6S2/c1-14-10-15(6-8-17(14)26)12-29-23(25(2,3)4)22(30)21(24(29)31)19-13-37(34,35)20-11-16(28-36(5,32)33)7-9-18(20)27-19/h6-11,13,21,23,27-28H,12H2,1-5H3/t21?,23-/m1/s1. The Labute approximate surface area is 215 Å². The number of fused-ring (bicyclic) bond motifs is 1. The Hall–Kier alpha value is -3.25. The number of nitrogens with zero attached hydrogens (tertiary/aromatic N) is 1. The van der Waals surface area contributed by atoms with Crippen LogP contribution in [0.15, 0.2) is 52.4 Å². The average molecular weight is 550 g/mol. The molecule has 2 atom stereocenters. The number of amides is 1. The van der Waals surface area contributed by atoms with Crippen LogP contribution in [0.4, 0.5) is 15.8 Å². The van der Waals surface area contributed by atoms with Gasteiger partial charge in [0.25, 0.3) is 0 Å². The maximum Gasteiger partial charge on any atom is 0.240 e. The van der Waals surface area contributed by atoms with Crippen molar-refractivity contribution in [2.75, 3.05) is 16.3 Å². The first-order chi connectivity index (χ1) is 17.0. The van der Waals surface area contributed by atoms with Gasteiger partial charge in [0.2, 0.25) is 25.8 Å². The van der Waals surface area contributed by atoms with Crippen LogP contribution >= 0.6 is 0 Å². The van der Waals surface area contributed by atoms with E-state index in [2.05, 4.69) is 10.0 Å². The third-order valence-corrected chi connectivity index (χ3v) is 8.38. The molecule has 1 fully saturated rings. The number of likely N-dealkylation sites (tertiary alicyclic amines) is 1. The largest absolute Gasteiger partial charge is 0.356 e. The van der Waals surface area contributed by atoms with Crippen LogP contribution in [0.3, 0.4) is 0 Å². The minimum atomic E-state index is -4.12. The van der Waals surface area contributed by atoms with E-state index in [-0.39, 0.29) is 34.3 Å². The van der Waals surface area contributed by atoms with Crippen molar-refractivity contribution >= 4 is 42.9 Å². The first kappa shape index (κ1) is 26.8. The zero-order valence-corrected chi connectivity index (χ0v) is 22.6. The van der Waals surface area contributed by atoms with E-state index in [9.17, 15) is 30.8 Å². The SMILES string of the molecule is Cc1cc(CN2C(=O)C(C3=CS(=O)(=O)c4cc(NS(C)(=O)=O)ccc4N3)C(=O)[C@@H]2C(C)(C)C)ccc1F. The summed E-state index contributed by atoms with van der Waals surface area (Å²) in [7, 11) is -7.75. The summed E-state index contributed by atoms with van der Waals surface area (Å²) < 4.78 is 65.4. The van der Waals surface area contributed by atoms with E-state index in [1.165, 1.54) is 29.2 Å². The molecule has 1 amide bonds. The number of hydrogen-bond acceptors (Lipinski definition) is 7. The van der Waals surface area contributed by atoms with Crippen molar-refractivity contribution in [3.8, 4) is 0 Å². The summed E-state index contributed by atoms with van der Waals surface area (Å²) in [5.74, 6) is -2.75. The number of halogens is 1. The van der Waals surface area contributed by atoms with Crippen LogP contribution in [-0.4, -0.2) is 45.7 Å². The Balaban J connectivity index is 1.72. The monoisotopic (exact) mass is 549 g/mol. The summed E-state index contributed by atoms with van der Waals surface area (Å²) >= 11 is 0. The summed E-state index contributed by atoms with van der Waals surface area (Å²) in [5, 5.41) is 3.76. The molecule has 2 aliphatic heterocycles. The average Bonchev–Trinajstić information content (AvgIpc) is 2.99. The molecule has 0 spiro atoms. The highest BCUT2D eigenvalue weighted by Crippen LogP contribution is 2.41. The van der Waals surface area contributed by atoms with Gasteiger partial charge < -0.3 is 10.2 Å².